The molecule has 5 heteroatoms. The Morgan fingerprint density at radius 1 is 1.35 bits per heavy atom. The molecule has 1 aromatic carbocycles. The van der Waals surface area contributed by atoms with Crippen molar-refractivity contribution in [3.8, 4) is 5.75 Å². The van der Waals surface area contributed by atoms with Crippen molar-refractivity contribution in [2.24, 2.45) is 4.99 Å². The van der Waals surface area contributed by atoms with Gasteiger partial charge in [0, 0.05) is 12.6 Å². The van der Waals surface area contributed by atoms with E-state index in [0.717, 1.165) is 0 Å². The number of carbonyl (C=O) groups is 1. The van der Waals surface area contributed by atoms with Gasteiger partial charge >= 0.3 is 5.97 Å². The van der Waals surface area contributed by atoms with E-state index in [2.05, 4.69) is 4.99 Å². The van der Waals surface area contributed by atoms with Gasteiger partial charge in [-0.2, -0.15) is 0 Å². The number of benzene rings is 1. The topological polar surface area (TPSA) is 79.1 Å². The van der Waals surface area contributed by atoms with Gasteiger partial charge in [0.1, 0.15) is 22.8 Å². The molecule has 1 aromatic rings. The van der Waals surface area contributed by atoms with E-state index >= 15 is 0 Å². The molecule has 5 nitrogen and oxygen atoms in total. The van der Waals surface area contributed by atoms with Crippen molar-refractivity contribution in [1.82, 2.24) is 0 Å². The zero-order chi connectivity index (χ0) is 15.0. The predicted octanol–water partition coefficient (Wildman–Crippen LogP) is 3.27. The molecule has 108 valence electrons. The Kier molecular flexibility index (Phi) is 6.29. The standard InChI is InChI=1S/C15H19NO4/c1-3-7-13(17)11(15(19)20-4-2)10-16-12-8-5-6-9-14(12)18/h5-6,8-10,17-18H,3-4,7H2,1-2H3/b13-11-,16-10?. The van der Waals surface area contributed by atoms with Crippen LogP contribution in [0.2, 0.25) is 0 Å². The number of phenols is 1. The van der Waals surface area contributed by atoms with Gasteiger partial charge in [0.15, 0.2) is 0 Å². The number of carbonyl (C=O) groups excluding carboxylic acids is 1. The van der Waals surface area contributed by atoms with E-state index in [1.165, 1.54) is 12.3 Å². The predicted molar refractivity (Wildman–Crippen MR) is 77.5 cm³/mol. The Morgan fingerprint density at radius 2 is 2.05 bits per heavy atom. The van der Waals surface area contributed by atoms with E-state index in [-0.39, 0.29) is 23.7 Å². The lowest BCUT2D eigenvalue weighted by atomic mass is 10.1. The Hall–Kier alpha value is -2.30. The number of esters is 1. The molecule has 0 heterocycles. The highest BCUT2D eigenvalue weighted by Gasteiger charge is 2.14. The maximum Gasteiger partial charge on any atom is 0.343 e. The van der Waals surface area contributed by atoms with Crippen molar-refractivity contribution in [1.29, 1.82) is 0 Å². The van der Waals surface area contributed by atoms with Gasteiger partial charge in [-0.15, -0.1) is 0 Å². The zero-order valence-corrected chi connectivity index (χ0v) is 11.7. The number of allylic oxidation sites excluding steroid dienone is 1. The van der Waals surface area contributed by atoms with Crippen molar-refractivity contribution in [2.75, 3.05) is 6.61 Å². The van der Waals surface area contributed by atoms with Gasteiger partial charge in [-0.05, 0) is 25.5 Å². The molecular formula is C15H19NO4. The van der Waals surface area contributed by atoms with Crippen LogP contribution in [0.4, 0.5) is 5.69 Å². The van der Waals surface area contributed by atoms with Crippen LogP contribution in [0.3, 0.4) is 0 Å². The summed E-state index contributed by atoms with van der Waals surface area (Å²) < 4.78 is 4.88. The largest absolute Gasteiger partial charge is 0.511 e. The minimum atomic E-state index is -0.627. The SMILES string of the molecule is CCC/C(O)=C(\C=Nc1ccccc1O)C(=O)OCC. The smallest absolute Gasteiger partial charge is 0.343 e. The van der Waals surface area contributed by atoms with E-state index in [9.17, 15) is 15.0 Å². The molecule has 0 aromatic heterocycles. The second-order valence-electron chi connectivity index (χ2n) is 4.08. The third-order valence-corrected chi connectivity index (χ3v) is 2.51. The van der Waals surface area contributed by atoms with Gasteiger partial charge in [0.25, 0.3) is 0 Å². The fourth-order valence-corrected chi connectivity index (χ4v) is 1.53. The fourth-order valence-electron chi connectivity index (χ4n) is 1.53. The first kappa shape index (κ1) is 15.8. The van der Waals surface area contributed by atoms with E-state index < -0.39 is 5.97 Å². The minimum Gasteiger partial charge on any atom is -0.511 e. The third-order valence-electron chi connectivity index (χ3n) is 2.51. The van der Waals surface area contributed by atoms with Crippen molar-refractivity contribution < 1.29 is 19.7 Å². The molecule has 0 atom stereocenters. The minimum absolute atomic E-state index is 0.00180. The number of rotatable bonds is 6. The Balaban J connectivity index is 3.04. The van der Waals surface area contributed by atoms with Crippen LogP contribution in [-0.4, -0.2) is 29.0 Å². The summed E-state index contributed by atoms with van der Waals surface area (Å²) in [5, 5.41) is 19.5. The van der Waals surface area contributed by atoms with Gasteiger partial charge in [0.2, 0.25) is 0 Å². The molecule has 0 aliphatic heterocycles. The van der Waals surface area contributed by atoms with Gasteiger partial charge in [-0.3, -0.25) is 4.99 Å². The third kappa shape index (κ3) is 4.42. The first-order valence-electron chi connectivity index (χ1n) is 6.51. The number of hydrogen-bond donors (Lipinski definition) is 2. The van der Waals surface area contributed by atoms with Gasteiger partial charge in [-0.25, -0.2) is 4.79 Å². The highest BCUT2D eigenvalue weighted by atomic mass is 16.5. The summed E-state index contributed by atoms with van der Waals surface area (Å²) in [7, 11) is 0. The molecule has 0 spiro atoms. The summed E-state index contributed by atoms with van der Waals surface area (Å²) in [5.41, 5.74) is 0.329. The summed E-state index contributed by atoms with van der Waals surface area (Å²) in [6.45, 7) is 3.79. The molecule has 20 heavy (non-hydrogen) atoms. The Bertz CT molecular complexity index is 520. The first-order chi connectivity index (χ1) is 9.60. The molecule has 0 unspecified atom stereocenters. The number of hydrogen-bond acceptors (Lipinski definition) is 5. The molecule has 0 fully saturated rings. The van der Waals surface area contributed by atoms with Gasteiger partial charge < -0.3 is 14.9 Å². The molecule has 0 saturated heterocycles. The van der Waals surface area contributed by atoms with Crippen LogP contribution in [0.1, 0.15) is 26.7 Å². The highest BCUT2D eigenvalue weighted by molar-refractivity contribution is 6.10. The lowest BCUT2D eigenvalue weighted by Gasteiger charge is -2.05. The quantitative estimate of drug-likeness (QED) is 0.362. The molecule has 0 amide bonds. The number of aliphatic hydroxyl groups excluding tert-OH is 1. The van der Waals surface area contributed by atoms with E-state index in [0.29, 0.717) is 18.5 Å². The molecule has 0 saturated carbocycles. The normalized spacial score (nSPS) is 12.3. The summed E-state index contributed by atoms with van der Waals surface area (Å²) in [4.78, 5) is 15.8. The van der Waals surface area contributed by atoms with Crippen LogP contribution < -0.4 is 0 Å². The second-order valence-corrected chi connectivity index (χ2v) is 4.08. The number of para-hydroxylation sites is 2. The molecule has 2 N–H and O–H groups in total. The average molecular weight is 277 g/mol. The van der Waals surface area contributed by atoms with Crippen molar-refractivity contribution in [3.63, 3.8) is 0 Å². The molecule has 0 radical (unpaired) electrons. The van der Waals surface area contributed by atoms with E-state index in [1.807, 2.05) is 6.92 Å². The first-order valence-corrected chi connectivity index (χ1v) is 6.51. The molecule has 1 rings (SSSR count). The molecular weight excluding hydrogens is 258 g/mol. The highest BCUT2D eigenvalue weighted by Crippen LogP contribution is 2.25. The van der Waals surface area contributed by atoms with E-state index in [4.69, 9.17) is 4.74 Å². The second kappa shape index (κ2) is 7.99. The van der Waals surface area contributed by atoms with Crippen LogP contribution in [0.15, 0.2) is 40.6 Å². The monoisotopic (exact) mass is 277 g/mol. The number of aliphatic imine (C=N–C) groups is 1. The van der Waals surface area contributed by atoms with E-state index in [1.54, 1.807) is 25.1 Å². The lowest BCUT2D eigenvalue weighted by molar-refractivity contribution is -0.138. The molecule has 0 bridgehead atoms. The molecule has 0 aliphatic carbocycles. The Labute approximate surface area is 118 Å². The summed E-state index contributed by atoms with van der Waals surface area (Å²) >= 11 is 0. The van der Waals surface area contributed by atoms with Gasteiger partial charge in [0.05, 0.1) is 6.61 Å². The van der Waals surface area contributed by atoms with Crippen LogP contribution >= 0.6 is 0 Å². The van der Waals surface area contributed by atoms with Crippen LogP contribution in [0.25, 0.3) is 0 Å². The summed E-state index contributed by atoms with van der Waals surface area (Å²) in [6, 6.07) is 6.48. The fraction of sp³-hybridized carbons (Fsp3) is 0.333. The number of ether oxygens (including phenoxy) is 1. The van der Waals surface area contributed by atoms with Crippen molar-refractivity contribution >= 4 is 17.9 Å². The Morgan fingerprint density at radius 3 is 2.65 bits per heavy atom. The zero-order valence-electron chi connectivity index (χ0n) is 11.7. The number of nitrogens with zero attached hydrogens (tertiary/aromatic N) is 1. The average Bonchev–Trinajstić information content (AvgIpc) is 2.41. The summed E-state index contributed by atoms with van der Waals surface area (Å²) in [5.74, 6) is -0.690. The van der Waals surface area contributed by atoms with Crippen molar-refractivity contribution in [2.45, 2.75) is 26.7 Å². The summed E-state index contributed by atoms with van der Waals surface area (Å²) in [6.07, 6.45) is 2.28. The van der Waals surface area contributed by atoms with Gasteiger partial charge in [-0.1, -0.05) is 19.1 Å². The molecule has 0 aliphatic rings. The van der Waals surface area contributed by atoms with Crippen molar-refractivity contribution in [3.05, 3.63) is 35.6 Å². The van der Waals surface area contributed by atoms with Crippen LogP contribution in [0.5, 0.6) is 5.75 Å². The maximum atomic E-state index is 11.8. The number of phenolic OH excluding ortho intramolecular Hbond substituents is 1. The number of aliphatic hydroxyl groups is 1. The van der Waals surface area contributed by atoms with Crippen LogP contribution in [0, 0.1) is 0 Å². The lowest BCUT2D eigenvalue weighted by Crippen LogP contribution is -2.11. The van der Waals surface area contributed by atoms with Crippen LogP contribution in [-0.2, 0) is 9.53 Å². The maximum absolute atomic E-state index is 11.8. The number of aromatic hydroxyl groups is 1.